The van der Waals surface area contributed by atoms with Crippen molar-refractivity contribution in [3.8, 4) is 0 Å². The third kappa shape index (κ3) is 3.97. The van der Waals surface area contributed by atoms with Gasteiger partial charge in [-0.2, -0.15) is 0 Å². The second-order valence-electron chi connectivity index (χ2n) is 8.65. The Morgan fingerprint density at radius 3 is 2.52 bits per heavy atom. The minimum Gasteiger partial charge on any atom is -0.481 e. The van der Waals surface area contributed by atoms with Gasteiger partial charge in [-0.05, 0) is 37.5 Å². The normalized spacial score (nSPS) is 43.3. The molecule has 5 N–H and O–H groups in total. The van der Waals surface area contributed by atoms with Crippen LogP contribution in [0.5, 0.6) is 0 Å². The van der Waals surface area contributed by atoms with E-state index in [0.717, 1.165) is 13.0 Å². The third-order valence-electron chi connectivity index (χ3n) is 6.81. The summed E-state index contributed by atoms with van der Waals surface area (Å²) in [6.45, 7) is 0.804. The predicted octanol–water partition coefficient (Wildman–Crippen LogP) is 1.20. The summed E-state index contributed by atoms with van der Waals surface area (Å²) in [5.74, 6) is -1.25. The fraction of sp³-hybridized carbons (Fsp3) is 0.800. The molecule has 7 nitrogen and oxygen atoms in total. The molecule has 1 aliphatic carbocycles. The summed E-state index contributed by atoms with van der Waals surface area (Å²) in [6.07, 6.45) is 10.7. The molecule has 0 aromatic heterocycles. The highest BCUT2D eigenvalue weighted by molar-refractivity contribution is 5.86. The Balaban J connectivity index is 1.40. The van der Waals surface area contributed by atoms with E-state index in [1.807, 2.05) is 0 Å². The summed E-state index contributed by atoms with van der Waals surface area (Å²) < 4.78 is 6.07. The van der Waals surface area contributed by atoms with Crippen LogP contribution in [0.15, 0.2) is 12.2 Å². The lowest BCUT2D eigenvalue weighted by Crippen LogP contribution is -2.67. The second kappa shape index (κ2) is 7.99. The average Bonchev–Trinajstić information content (AvgIpc) is 2.67. The summed E-state index contributed by atoms with van der Waals surface area (Å²) >= 11 is 0. The number of aliphatic carboxylic acids is 1. The maximum Gasteiger partial charge on any atom is 0.309 e. The molecule has 0 aromatic rings. The molecular formula is C20H31N3O4. The number of carboxylic acid groups (broad SMARTS) is 1. The second-order valence-corrected chi connectivity index (χ2v) is 8.65. The molecular weight excluding hydrogens is 346 g/mol. The zero-order valence-electron chi connectivity index (χ0n) is 15.7. The van der Waals surface area contributed by atoms with Crippen molar-refractivity contribution in [1.82, 2.24) is 10.6 Å². The molecule has 3 heterocycles. The van der Waals surface area contributed by atoms with E-state index < -0.39 is 30.2 Å². The van der Waals surface area contributed by atoms with Crippen LogP contribution in [0.2, 0.25) is 0 Å². The maximum absolute atomic E-state index is 13.1. The number of carbonyl (C=O) groups excluding carboxylic acids is 1. The van der Waals surface area contributed by atoms with E-state index in [2.05, 4.69) is 22.8 Å². The van der Waals surface area contributed by atoms with Gasteiger partial charge in [0.1, 0.15) is 18.2 Å². The molecule has 0 aromatic carbocycles. The number of rotatable bonds is 3. The van der Waals surface area contributed by atoms with Crippen LogP contribution in [-0.4, -0.2) is 42.0 Å². The lowest BCUT2D eigenvalue weighted by Gasteiger charge is -2.48. The number of ketones is 1. The first-order valence-electron chi connectivity index (χ1n) is 10.4. The highest BCUT2D eigenvalue weighted by Gasteiger charge is 2.51. The van der Waals surface area contributed by atoms with Gasteiger partial charge in [-0.25, -0.2) is 0 Å². The molecule has 0 spiro atoms. The van der Waals surface area contributed by atoms with Crippen molar-refractivity contribution in [3.05, 3.63) is 12.2 Å². The Labute approximate surface area is 160 Å². The van der Waals surface area contributed by atoms with Crippen molar-refractivity contribution in [2.24, 2.45) is 35.3 Å². The SMILES string of the molecule is NC1NC2OC3NCC(/C=C/C4CCCCC4)CC3C(=O)C2CC1C(=O)O. The number of ether oxygens (including phenoxy) is 1. The Hall–Kier alpha value is -1.28. The minimum atomic E-state index is -0.960. The third-order valence-corrected chi connectivity index (χ3v) is 6.81. The Morgan fingerprint density at radius 1 is 1.07 bits per heavy atom. The molecule has 3 saturated heterocycles. The number of allylic oxidation sites excluding steroid dienone is 1. The van der Waals surface area contributed by atoms with Crippen molar-refractivity contribution in [2.45, 2.75) is 63.6 Å². The molecule has 0 bridgehead atoms. The summed E-state index contributed by atoms with van der Waals surface area (Å²) in [5.41, 5.74) is 5.92. The lowest BCUT2D eigenvalue weighted by molar-refractivity contribution is -0.186. The van der Waals surface area contributed by atoms with E-state index in [-0.39, 0.29) is 24.3 Å². The van der Waals surface area contributed by atoms with E-state index >= 15 is 0 Å². The standard InChI is InChI=1S/C20H31N3O4/c21-17-15(20(25)26)9-14-16(24)13-8-12(7-6-11-4-2-1-3-5-11)10-22-18(13)27-19(14)23-17/h6-7,11-15,17-19,22-23H,1-5,8-10,21H2,(H,25,26)/b7-6+. The fourth-order valence-electron chi connectivity index (χ4n) is 5.19. The van der Waals surface area contributed by atoms with Crippen molar-refractivity contribution in [1.29, 1.82) is 0 Å². The van der Waals surface area contributed by atoms with Gasteiger partial charge >= 0.3 is 5.97 Å². The van der Waals surface area contributed by atoms with Gasteiger partial charge in [-0.15, -0.1) is 0 Å². The first-order valence-corrected chi connectivity index (χ1v) is 10.4. The molecule has 4 aliphatic rings. The minimum absolute atomic E-state index is 0.116. The lowest BCUT2D eigenvalue weighted by atomic mass is 9.74. The van der Waals surface area contributed by atoms with Gasteiger partial charge in [0.25, 0.3) is 0 Å². The van der Waals surface area contributed by atoms with Crippen LogP contribution in [0.3, 0.4) is 0 Å². The van der Waals surface area contributed by atoms with Gasteiger partial charge in [0, 0.05) is 6.54 Å². The van der Waals surface area contributed by atoms with Crippen molar-refractivity contribution < 1.29 is 19.4 Å². The van der Waals surface area contributed by atoms with Crippen LogP contribution >= 0.6 is 0 Å². The Bertz CT molecular complexity index is 604. The zero-order valence-corrected chi connectivity index (χ0v) is 15.7. The van der Waals surface area contributed by atoms with Crippen LogP contribution in [0.1, 0.15) is 44.9 Å². The largest absolute Gasteiger partial charge is 0.481 e. The Kier molecular flexibility index (Phi) is 5.64. The fourth-order valence-corrected chi connectivity index (χ4v) is 5.19. The van der Waals surface area contributed by atoms with Crippen LogP contribution in [0.4, 0.5) is 0 Å². The number of fused-ring (bicyclic) bond motifs is 2. The number of Topliss-reactive ketones (excluding diaryl/α,β-unsaturated/α-hetero) is 1. The molecule has 4 rings (SSSR count). The molecule has 0 radical (unpaired) electrons. The molecule has 7 atom stereocenters. The topological polar surface area (TPSA) is 114 Å². The molecule has 7 unspecified atom stereocenters. The summed E-state index contributed by atoms with van der Waals surface area (Å²) in [6, 6.07) is 0. The smallest absolute Gasteiger partial charge is 0.309 e. The molecule has 7 heteroatoms. The van der Waals surface area contributed by atoms with Crippen molar-refractivity contribution >= 4 is 11.8 Å². The van der Waals surface area contributed by atoms with Gasteiger partial charge in [0.05, 0.1) is 23.9 Å². The predicted molar refractivity (Wildman–Crippen MR) is 99.3 cm³/mol. The van der Waals surface area contributed by atoms with Gasteiger partial charge in [0.15, 0.2) is 0 Å². The van der Waals surface area contributed by atoms with E-state index in [9.17, 15) is 14.7 Å². The highest BCUT2D eigenvalue weighted by Crippen LogP contribution is 2.38. The average molecular weight is 377 g/mol. The van der Waals surface area contributed by atoms with Crippen molar-refractivity contribution in [2.75, 3.05) is 6.54 Å². The molecule has 27 heavy (non-hydrogen) atoms. The monoisotopic (exact) mass is 377 g/mol. The number of carboxylic acids is 1. The van der Waals surface area contributed by atoms with Crippen LogP contribution in [0, 0.1) is 29.6 Å². The van der Waals surface area contributed by atoms with Crippen LogP contribution in [-0.2, 0) is 14.3 Å². The van der Waals surface area contributed by atoms with Crippen LogP contribution < -0.4 is 16.4 Å². The van der Waals surface area contributed by atoms with Gasteiger partial charge in [-0.1, -0.05) is 31.4 Å². The number of piperidine rings is 2. The van der Waals surface area contributed by atoms with E-state index in [4.69, 9.17) is 10.5 Å². The number of nitrogens with one attached hydrogen (secondary N) is 2. The number of hydrogen-bond acceptors (Lipinski definition) is 6. The summed E-state index contributed by atoms with van der Waals surface area (Å²) in [4.78, 5) is 24.5. The highest BCUT2D eigenvalue weighted by atomic mass is 16.5. The molecule has 150 valence electrons. The zero-order chi connectivity index (χ0) is 19.0. The van der Waals surface area contributed by atoms with Gasteiger partial charge < -0.3 is 15.6 Å². The summed E-state index contributed by atoms with van der Waals surface area (Å²) in [7, 11) is 0. The van der Waals surface area contributed by atoms with Crippen LogP contribution in [0.25, 0.3) is 0 Å². The molecule has 3 aliphatic heterocycles. The molecule has 1 saturated carbocycles. The molecule has 4 fully saturated rings. The van der Waals surface area contributed by atoms with E-state index in [0.29, 0.717) is 11.8 Å². The van der Waals surface area contributed by atoms with E-state index in [1.165, 1.54) is 32.1 Å². The first kappa shape index (κ1) is 19.1. The number of nitrogens with two attached hydrogens (primary N) is 1. The van der Waals surface area contributed by atoms with Gasteiger partial charge in [0.2, 0.25) is 0 Å². The van der Waals surface area contributed by atoms with Gasteiger partial charge in [-0.3, -0.25) is 20.2 Å². The molecule has 0 amide bonds. The number of carbonyl (C=O) groups is 2. The van der Waals surface area contributed by atoms with Crippen molar-refractivity contribution in [3.63, 3.8) is 0 Å². The Morgan fingerprint density at radius 2 is 1.78 bits per heavy atom. The maximum atomic E-state index is 13.1. The number of hydrogen-bond donors (Lipinski definition) is 4. The first-order chi connectivity index (χ1) is 13.0. The quantitative estimate of drug-likeness (QED) is 0.546. The summed E-state index contributed by atoms with van der Waals surface area (Å²) in [5, 5.41) is 15.7. The van der Waals surface area contributed by atoms with E-state index in [1.54, 1.807) is 0 Å².